The van der Waals surface area contributed by atoms with Crippen LogP contribution in [0.2, 0.25) is 0 Å². The van der Waals surface area contributed by atoms with Crippen LogP contribution in [0.25, 0.3) is 16.7 Å². The lowest BCUT2D eigenvalue weighted by atomic mass is 10.1. The number of nitrogens with one attached hydrogen (secondary N) is 1. The van der Waals surface area contributed by atoms with E-state index >= 15 is 0 Å². The van der Waals surface area contributed by atoms with Crippen LogP contribution in [0, 0.1) is 5.82 Å². The van der Waals surface area contributed by atoms with Gasteiger partial charge >= 0.3 is 0 Å². The number of para-hydroxylation sites is 1. The molecule has 0 aliphatic heterocycles. The molecule has 2 heterocycles. The smallest absolute Gasteiger partial charge is 0.273 e. The van der Waals surface area contributed by atoms with Gasteiger partial charge in [-0.05, 0) is 29.8 Å². The van der Waals surface area contributed by atoms with Crippen molar-refractivity contribution in [2.45, 2.75) is 6.42 Å². The van der Waals surface area contributed by atoms with Crippen molar-refractivity contribution in [2.75, 3.05) is 5.43 Å². The fourth-order valence-corrected chi connectivity index (χ4v) is 2.71. The molecule has 0 radical (unpaired) electrons. The first-order chi connectivity index (χ1) is 13.1. The SMILES string of the molecule is O=C(Cc1ccc(F)cc1)Nn1cnc2c(cnn2-c2ccccc2)c1=O. The number of halogens is 1. The van der Waals surface area contributed by atoms with Gasteiger partial charge in [-0.1, -0.05) is 30.3 Å². The van der Waals surface area contributed by atoms with E-state index in [2.05, 4.69) is 15.5 Å². The standard InChI is InChI=1S/C19H14FN5O2/c20-14-8-6-13(7-9-14)10-17(26)23-24-12-21-18-16(19(24)27)11-22-25(18)15-4-2-1-3-5-15/h1-9,11-12H,10H2,(H,23,26). The van der Waals surface area contributed by atoms with Crippen LogP contribution in [0.4, 0.5) is 4.39 Å². The highest BCUT2D eigenvalue weighted by molar-refractivity contribution is 5.86. The van der Waals surface area contributed by atoms with Crippen LogP contribution in [0.1, 0.15) is 5.56 Å². The van der Waals surface area contributed by atoms with Gasteiger partial charge in [-0.15, -0.1) is 0 Å². The van der Waals surface area contributed by atoms with E-state index in [0.717, 1.165) is 10.4 Å². The first-order valence-electron chi connectivity index (χ1n) is 8.17. The molecule has 1 amide bonds. The summed E-state index contributed by atoms with van der Waals surface area (Å²) < 4.78 is 15.5. The summed E-state index contributed by atoms with van der Waals surface area (Å²) >= 11 is 0. The van der Waals surface area contributed by atoms with Crippen molar-refractivity contribution in [1.82, 2.24) is 19.4 Å². The van der Waals surface area contributed by atoms with Crippen LogP contribution < -0.4 is 11.0 Å². The van der Waals surface area contributed by atoms with E-state index in [-0.39, 0.29) is 17.6 Å². The molecule has 0 bridgehead atoms. The van der Waals surface area contributed by atoms with E-state index in [1.165, 1.54) is 36.8 Å². The summed E-state index contributed by atoms with van der Waals surface area (Å²) in [5.41, 5.74) is 3.86. The number of carbonyl (C=O) groups is 1. The lowest BCUT2D eigenvalue weighted by Crippen LogP contribution is -2.34. The Kier molecular flexibility index (Phi) is 4.21. The largest absolute Gasteiger partial charge is 0.283 e. The maximum atomic E-state index is 12.9. The zero-order chi connectivity index (χ0) is 18.8. The molecule has 0 aliphatic carbocycles. The first-order valence-corrected chi connectivity index (χ1v) is 8.17. The molecule has 27 heavy (non-hydrogen) atoms. The van der Waals surface area contributed by atoms with Crippen molar-refractivity contribution in [3.63, 3.8) is 0 Å². The Labute approximate surface area is 152 Å². The summed E-state index contributed by atoms with van der Waals surface area (Å²) in [6.07, 6.45) is 2.67. The summed E-state index contributed by atoms with van der Waals surface area (Å²) in [6.45, 7) is 0. The fraction of sp³-hybridized carbons (Fsp3) is 0.0526. The summed E-state index contributed by atoms with van der Waals surface area (Å²) in [6, 6.07) is 14.9. The Balaban J connectivity index is 1.60. The molecule has 2 aromatic carbocycles. The van der Waals surface area contributed by atoms with Gasteiger partial charge < -0.3 is 0 Å². The molecule has 134 valence electrons. The normalized spacial score (nSPS) is 10.9. The molecular weight excluding hydrogens is 349 g/mol. The highest BCUT2D eigenvalue weighted by atomic mass is 19.1. The monoisotopic (exact) mass is 363 g/mol. The van der Waals surface area contributed by atoms with Crippen molar-refractivity contribution in [2.24, 2.45) is 0 Å². The van der Waals surface area contributed by atoms with Gasteiger partial charge in [0.05, 0.1) is 18.3 Å². The summed E-state index contributed by atoms with van der Waals surface area (Å²) in [4.78, 5) is 29.0. The second kappa shape index (κ2) is 6.83. The Hall–Kier alpha value is -3.81. The van der Waals surface area contributed by atoms with Crippen LogP contribution in [0.3, 0.4) is 0 Å². The topological polar surface area (TPSA) is 81.8 Å². The molecular formula is C19H14FN5O2. The van der Waals surface area contributed by atoms with Gasteiger partial charge in [0.25, 0.3) is 5.56 Å². The van der Waals surface area contributed by atoms with Gasteiger partial charge in [-0.2, -0.15) is 5.10 Å². The first kappa shape index (κ1) is 16.6. The van der Waals surface area contributed by atoms with Gasteiger partial charge in [-0.3, -0.25) is 15.0 Å². The minimum Gasteiger partial charge on any atom is -0.273 e. The number of amides is 1. The van der Waals surface area contributed by atoms with Crippen molar-refractivity contribution >= 4 is 16.9 Å². The van der Waals surface area contributed by atoms with E-state index in [0.29, 0.717) is 11.2 Å². The third-order valence-corrected chi connectivity index (χ3v) is 4.01. The fourth-order valence-electron chi connectivity index (χ4n) is 2.71. The molecule has 2 aromatic heterocycles. The predicted octanol–water partition coefficient (Wildman–Crippen LogP) is 2.03. The number of hydrogen-bond acceptors (Lipinski definition) is 4. The third kappa shape index (κ3) is 3.32. The molecule has 0 aliphatic rings. The van der Waals surface area contributed by atoms with Crippen LogP contribution in [0.15, 0.2) is 71.9 Å². The number of fused-ring (bicyclic) bond motifs is 1. The zero-order valence-corrected chi connectivity index (χ0v) is 14.0. The van der Waals surface area contributed by atoms with Crippen molar-refractivity contribution in [3.05, 3.63) is 88.9 Å². The van der Waals surface area contributed by atoms with Crippen LogP contribution >= 0.6 is 0 Å². The quantitative estimate of drug-likeness (QED) is 0.602. The lowest BCUT2D eigenvalue weighted by Gasteiger charge is -2.08. The molecule has 8 heteroatoms. The molecule has 4 aromatic rings. The van der Waals surface area contributed by atoms with Crippen LogP contribution in [-0.2, 0) is 11.2 Å². The molecule has 4 rings (SSSR count). The zero-order valence-electron chi connectivity index (χ0n) is 14.0. The average molecular weight is 363 g/mol. The van der Waals surface area contributed by atoms with E-state index in [4.69, 9.17) is 0 Å². The number of rotatable bonds is 4. The molecule has 0 spiro atoms. The van der Waals surface area contributed by atoms with Crippen LogP contribution in [0.5, 0.6) is 0 Å². The number of carbonyl (C=O) groups excluding carboxylic acids is 1. The number of hydrogen-bond donors (Lipinski definition) is 1. The minimum atomic E-state index is -0.436. The maximum Gasteiger partial charge on any atom is 0.283 e. The summed E-state index contributed by atoms with van der Waals surface area (Å²) in [5.74, 6) is -0.791. The van der Waals surface area contributed by atoms with Crippen LogP contribution in [-0.4, -0.2) is 25.3 Å². The van der Waals surface area contributed by atoms with E-state index < -0.39 is 11.5 Å². The van der Waals surface area contributed by atoms with Crippen molar-refractivity contribution in [3.8, 4) is 5.69 Å². The predicted molar refractivity (Wildman–Crippen MR) is 97.6 cm³/mol. The van der Waals surface area contributed by atoms with Gasteiger partial charge in [0.1, 0.15) is 17.5 Å². The number of aromatic nitrogens is 4. The van der Waals surface area contributed by atoms with Gasteiger partial charge in [0.2, 0.25) is 5.91 Å². The number of benzene rings is 2. The average Bonchev–Trinajstić information content (AvgIpc) is 3.11. The molecule has 0 atom stereocenters. The molecule has 0 unspecified atom stereocenters. The van der Waals surface area contributed by atoms with E-state index in [1.54, 1.807) is 4.68 Å². The molecule has 7 nitrogen and oxygen atoms in total. The Morgan fingerprint density at radius 1 is 1.07 bits per heavy atom. The Morgan fingerprint density at radius 2 is 1.81 bits per heavy atom. The van der Waals surface area contributed by atoms with Gasteiger partial charge in [0.15, 0.2) is 5.65 Å². The molecule has 1 N–H and O–H groups in total. The Bertz CT molecular complexity index is 1170. The molecule has 0 saturated heterocycles. The highest BCUT2D eigenvalue weighted by Gasteiger charge is 2.13. The highest BCUT2D eigenvalue weighted by Crippen LogP contribution is 2.12. The minimum absolute atomic E-state index is 0.00797. The molecule has 0 fully saturated rings. The lowest BCUT2D eigenvalue weighted by molar-refractivity contribution is -0.116. The van der Waals surface area contributed by atoms with E-state index in [9.17, 15) is 14.0 Å². The second-order valence-corrected chi connectivity index (χ2v) is 5.89. The van der Waals surface area contributed by atoms with E-state index in [1.807, 2.05) is 30.3 Å². The second-order valence-electron chi connectivity index (χ2n) is 5.89. The number of nitrogens with zero attached hydrogens (tertiary/aromatic N) is 4. The summed E-state index contributed by atoms with van der Waals surface area (Å²) in [5, 5.41) is 4.50. The maximum absolute atomic E-state index is 12.9. The van der Waals surface area contributed by atoms with Gasteiger partial charge in [-0.25, -0.2) is 18.7 Å². The Morgan fingerprint density at radius 3 is 2.56 bits per heavy atom. The van der Waals surface area contributed by atoms with Crippen molar-refractivity contribution < 1.29 is 9.18 Å². The van der Waals surface area contributed by atoms with Crippen molar-refractivity contribution in [1.29, 1.82) is 0 Å². The van der Waals surface area contributed by atoms with Gasteiger partial charge in [0, 0.05) is 0 Å². The summed E-state index contributed by atoms with van der Waals surface area (Å²) in [7, 11) is 0. The molecule has 0 saturated carbocycles. The third-order valence-electron chi connectivity index (χ3n) is 4.01.